The first kappa shape index (κ1) is 81.6. The molecular formula is C131H83N7. The summed E-state index contributed by atoms with van der Waals surface area (Å²) in [4.78, 5) is 35.1. The van der Waals surface area contributed by atoms with Crippen molar-refractivity contribution in [3.8, 4) is 134 Å². The first-order valence-electron chi connectivity index (χ1n) is 46.8. The molecule has 0 aliphatic carbocycles. The van der Waals surface area contributed by atoms with Gasteiger partial charge in [0.05, 0.1) is 61.6 Å². The van der Waals surface area contributed by atoms with Gasteiger partial charge in [-0.3, -0.25) is 15.0 Å². The summed E-state index contributed by atoms with van der Waals surface area (Å²) in [6.45, 7) is 0. The van der Waals surface area contributed by atoms with Gasteiger partial charge in [0.2, 0.25) is 0 Å². The van der Waals surface area contributed by atoms with Crippen molar-refractivity contribution in [1.29, 1.82) is 0 Å². The molecule has 138 heavy (non-hydrogen) atoms. The molecule has 0 aliphatic rings. The van der Waals surface area contributed by atoms with Crippen LogP contribution in [0, 0.1) is 0 Å². The van der Waals surface area contributed by atoms with Gasteiger partial charge in [0, 0.05) is 89.9 Å². The van der Waals surface area contributed by atoms with Crippen LogP contribution < -0.4 is 0 Å². The van der Waals surface area contributed by atoms with Crippen LogP contribution in [0.1, 0.15) is 0 Å². The van der Waals surface area contributed by atoms with Gasteiger partial charge in [-0.2, -0.15) is 0 Å². The van der Waals surface area contributed by atoms with Crippen LogP contribution in [-0.2, 0) is 0 Å². The monoisotopic (exact) mass is 1750 g/mol. The molecule has 27 aromatic rings. The van der Waals surface area contributed by atoms with Crippen LogP contribution in [-0.4, -0.2) is 34.9 Å². The maximum absolute atomic E-state index is 5.28. The number of rotatable bonds is 12. The second-order valence-corrected chi connectivity index (χ2v) is 35.3. The van der Waals surface area contributed by atoms with Gasteiger partial charge < -0.3 is 0 Å². The molecule has 0 bridgehead atoms. The molecule has 7 heteroatoms. The molecule has 7 heterocycles. The first-order valence-corrected chi connectivity index (χ1v) is 46.8. The summed E-state index contributed by atoms with van der Waals surface area (Å²) in [5.74, 6) is 0. The number of fused-ring (bicyclic) bond motifs is 12. The van der Waals surface area contributed by atoms with Crippen molar-refractivity contribution < 1.29 is 0 Å². The number of para-hydroxylation sites is 3. The van der Waals surface area contributed by atoms with E-state index in [1.807, 2.05) is 48.9 Å². The lowest BCUT2D eigenvalue weighted by Gasteiger charge is -2.15. The quantitative estimate of drug-likeness (QED) is 0.120. The predicted molar refractivity (Wildman–Crippen MR) is 579 cm³/mol. The highest BCUT2D eigenvalue weighted by Gasteiger charge is 2.21. The number of aromatic nitrogens is 7. The topological polar surface area (TPSA) is 90.2 Å². The fourth-order valence-corrected chi connectivity index (χ4v) is 20.2. The van der Waals surface area contributed by atoms with Gasteiger partial charge in [0.15, 0.2) is 0 Å². The molecule has 7 aromatic heterocycles. The summed E-state index contributed by atoms with van der Waals surface area (Å²) in [7, 11) is 0. The van der Waals surface area contributed by atoms with E-state index in [9.17, 15) is 0 Å². The second-order valence-electron chi connectivity index (χ2n) is 35.3. The summed E-state index contributed by atoms with van der Waals surface area (Å²) < 4.78 is 0. The molecule has 0 unspecified atom stereocenters. The molecule has 20 aromatic carbocycles. The van der Waals surface area contributed by atoms with Crippen LogP contribution >= 0.6 is 0 Å². The lowest BCUT2D eigenvalue weighted by Crippen LogP contribution is -1.93. The molecule has 0 spiro atoms. The molecule has 642 valence electrons. The van der Waals surface area contributed by atoms with Crippen molar-refractivity contribution in [1.82, 2.24) is 34.9 Å². The largest absolute Gasteiger partial charge is 0.256 e. The van der Waals surface area contributed by atoms with E-state index in [-0.39, 0.29) is 0 Å². The van der Waals surface area contributed by atoms with Gasteiger partial charge in [-0.25, -0.2) is 19.9 Å². The number of pyridine rings is 7. The van der Waals surface area contributed by atoms with Crippen molar-refractivity contribution >= 4 is 130 Å². The van der Waals surface area contributed by atoms with Crippen molar-refractivity contribution in [2.75, 3.05) is 0 Å². The van der Waals surface area contributed by atoms with E-state index in [2.05, 4.69) is 460 Å². The highest BCUT2D eigenvalue weighted by Crippen LogP contribution is 2.45. The smallest absolute Gasteiger partial charge is 0.0722 e. The average Bonchev–Trinajstić information content (AvgIpc) is 0.760. The van der Waals surface area contributed by atoms with E-state index >= 15 is 0 Å². The minimum atomic E-state index is 0.895. The fraction of sp³-hybridized carbons (Fsp3) is 0. The van der Waals surface area contributed by atoms with Gasteiger partial charge in [0.25, 0.3) is 0 Å². The summed E-state index contributed by atoms with van der Waals surface area (Å²) >= 11 is 0. The van der Waals surface area contributed by atoms with Gasteiger partial charge >= 0.3 is 0 Å². The number of hydrogen-bond donors (Lipinski definition) is 0. The molecule has 0 radical (unpaired) electrons. The van der Waals surface area contributed by atoms with Crippen LogP contribution in [0.3, 0.4) is 0 Å². The molecule has 0 N–H and O–H groups in total. The Kier molecular flexibility index (Phi) is 20.8. The van der Waals surface area contributed by atoms with Crippen molar-refractivity contribution in [2.45, 2.75) is 0 Å². The fourth-order valence-electron chi connectivity index (χ4n) is 20.2. The Hall–Kier alpha value is -18.4. The number of nitrogens with zero attached hydrogens (tertiary/aromatic N) is 7. The lowest BCUT2D eigenvalue weighted by atomic mass is 9.92. The Labute approximate surface area is 797 Å². The third-order valence-corrected chi connectivity index (χ3v) is 27.1. The Morgan fingerprint density at radius 3 is 0.826 bits per heavy atom. The highest BCUT2D eigenvalue weighted by molar-refractivity contribution is 6.10. The van der Waals surface area contributed by atoms with E-state index in [4.69, 9.17) is 29.9 Å². The maximum Gasteiger partial charge on any atom is 0.0722 e. The summed E-state index contributed by atoms with van der Waals surface area (Å²) in [6.07, 6.45) is 5.87. The molecule has 0 saturated heterocycles. The van der Waals surface area contributed by atoms with Gasteiger partial charge in [-0.05, 0) is 235 Å². The van der Waals surface area contributed by atoms with Crippen LogP contribution in [0.15, 0.2) is 504 Å². The molecule has 0 amide bonds. The molecule has 0 aliphatic heterocycles. The van der Waals surface area contributed by atoms with Crippen molar-refractivity contribution in [2.24, 2.45) is 0 Å². The van der Waals surface area contributed by atoms with Gasteiger partial charge in [0.1, 0.15) is 0 Å². The normalized spacial score (nSPS) is 11.5. The lowest BCUT2D eigenvalue weighted by molar-refractivity contribution is 1.30. The molecule has 0 atom stereocenters. The Balaban J connectivity index is 0.000000110. The van der Waals surface area contributed by atoms with Crippen molar-refractivity contribution in [3.05, 3.63) is 504 Å². The molecule has 0 saturated carbocycles. The highest BCUT2D eigenvalue weighted by atomic mass is 14.7. The Morgan fingerprint density at radius 2 is 0.399 bits per heavy atom. The van der Waals surface area contributed by atoms with Crippen LogP contribution in [0.25, 0.3) is 264 Å². The second kappa shape index (κ2) is 35.3. The Morgan fingerprint density at radius 1 is 0.109 bits per heavy atom. The molecular weight excluding hydrogens is 1670 g/mol. The molecule has 27 rings (SSSR count). The Bertz CT molecular complexity index is 9100. The summed E-state index contributed by atoms with van der Waals surface area (Å²) in [5.41, 5.74) is 32.3. The predicted octanol–water partition coefficient (Wildman–Crippen LogP) is 34.7. The van der Waals surface area contributed by atoms with Crippen LogP contribution in [0.4, 0.5) is 0 Å². The van der Waals surface area contributed by atoms with Gasteiger partial charge in [-0.15, -0.1) is 0 Å². The van der Waals surface area contributed by atoms with Crippen LogP contribution in [0.2, 0.25) is 0 Å². The van der Waals surface area contributed by atoms with Gasteiger partial charge in [-0.1, -0.05) is 382 Å². The minimum Gasteiger partial charge on any atom is -0.256 e. The van der Waals surface area contributed by atoms with Crippen molar-refractivity contribution in [3.63, 3.8) is 0 Å². The number of hydrogen-bond acceptors (Lipinski definition) is 7. The molecule has 0 fully saturated rings. The SMILES string of the molecule is c1cc(-c2cnc3ccccc3c2)cc(-c2cc(-c3cccc4ccccc34)nc3ccc(-c4cccc5ccccc45)cc23)c1.c1ccc2nc(-c3ccc(-c4cc(-c5cccc6ccccc56)nc5ccc(-c6cccc7ccccc67)cc45)cc3)ccc2c1.c1ccc2ncc(-c3ccc(-c4cc(-c5cccc6ccccc56)nc5ccc(-c6cccc7ccccc67)cc45)cn3)cc2c1. The molecule has 7 nitrogen and oxygen atoms in total. The summed E-state index contributed by atoms with van der Waals surface area (Å²) in [5, 5.41) is 21.4. The third kappa shape index (κ3) is 15.5. The van der Waals surface area contributed by atoms with E-state index in [0.717, 1.165) is 172 Å². The van der Waals surface area contributed by atoms with E-state index < -0.39 is 0 Å². The number of benzene rings is 20. The maximum atomic E-state index is 5.28. The third-order valence-electron chi connectivity index (χ3n) is 27.1. The van der Waals surface area contributed by atoms with Crippen LogP contribution in [0.5, 0.6) is 0 Å². The standard InChI is InChI=1S/2C44H28N2.C43H27N3/c1-4-17-36-29(10-1)13-8-19-38(36)33-22-23-43-41(26-33)40(27-44(46-43)39-20-9-14-30-11-2-5-18-37(30)39)32-16-7-15-31(24-32)35-25-34-12-3-6-21-42(34)45-28-35;1-4-14-35-29(9-1)12-7-16-37(35)34-24-26-43-40(27-34)39(28-44(46-43)38-17-8-13-30-10-2-5-15-36(30)38)31-19-21-33(22-20-31)42-25-23-32-11-3-6-18-41(32)45-42;1-4-14-34-28(9-1)12-7-16-36(34)30-19-22-42-39(24-30)38(25-43(46-42)37-17-8-13-29-10-2-5-15-35(29)37)32-20-21-41(44-26-32)33-23-31-11-3-6-18-40(31)45-27-33/h2*1-28H;1-27H. The first-order chi connectivity index (χ1) is 68.3. The summed E-state index contributed by atoms with van der Waals surface area (Å²) in [6, 6.07) is 172. The zero-order chi connectivity index (χ0) is 91.4. The van der Waals surface area contributed by atoms with E-state index in [0.29, 0.717) is 0 Å². The zero-order valence-corrected chi connectivity index (χ0v) is 75.1. The van der Waals surface area contributed by atoms with E-state index in [1.54, 1.807) is 0 Å². The minimum absolute atomic E-state index is 0.895. The average molecular weight is 1760 g/mol. The zero-order valence-electron chi connectivity index (χ0n) is 75.1. The van der Waals surface area contributed by atoms with E-state index in [1.165, 1.54) is 92.5 Å².